The first-order valence-corrected chi connectivity index (χ1v) is 12.5. The summed E-state index contributed by atoms with van der Waals surface area (Å²) in [7, 11) is 0. The SMILES string of the molecule is CCC(C)c1ccc(OCCCn2c(C(C)NC(=O)c3ccc(C)cc3)nc3ccccc32)cc1. The second-order valence-corrected chi connectivity index (χ2v) is 9.25. The lowest BCUT2D eigenvalue weighted by Gasteiger charge is -2.17. The second-order valence-electron chi connectivity index (χ2n) is 9.25. The Kier molecular flexibility index (Phi) is 7.86. The topological polar surface area (TPSA) is 56.1 Å². The molecule has 2 unspecified atom stereocenters. The number of nitrogens with zero attached hydrogens (tertiary/aromatic N) is 2. The quantitative estimate of drug-likeness (QED) is 0.259. The zero-order valence-electron chi connectivity index (χ0n) is 21.1. The van der Waals surface area contributed by atoms with Gasteiger partial charge in [-0.05, 0) is 74.6 Å². The molecule has 0 saturated heterocycles. The smallest absolute Gasteiger partial charge is 0.251 e. The summed E-state index contributed by atoms with van der Waals surface area (Å²) in [5, 5.41) is 3.12. The van der Waals surface area contributed by atoms with Crippen molar-refractivity contribution in [3.05, 3.63) is 95.3 Å². The molecule has 1 N–H and O–H groups in total. The average molecular weight is 470 g/mol. The minimum Gasteiger partial charge on any atom is -0.494 e. The standard InChI is InChI=1S/C30H35N3O2/c1-5-22(3)24-15-17-26(18-16-24)35-20-8-19-33-28-10-7-6-9-27(28)32-29(33)23(4)31-30(34)25-13-11-21(2)12-14-25/h6-7,9-18,22-23H,5,8,19-20H2,1-4H3,(H,31,34). The van der Waals surface area contributed by atoms with Crippen LogP contribution in [-0.2, 0) is 6.54 Å². The predicted molar refractivity (Wildman–Crippen MR) is 142 cm³/mol. The van der Waals surface area contributed by atoms with Crippen LogP contribution >= 0.6 is 0 Å². The Hall–Kier alpha value is -3.60. The lowest BCUT2D eigenvalue weighted by atomic mass is 9.99. The van der Waals surface area contributed by atoms with Crippen LogP contribution in [0.3, 0.4) is 0 Å². The van der Waals surface area contributed by atoms with E-state index >= 15 is 0 Å². The minimum absolute atomic E-state index is 0.0970. The van der Waals surface area contributed by atoms with Crippen LogP contribution in [0.25, 0.3) is 11.0 Å². The maximum absolute atomic E-state index is 12.8. The van der Waals surface area contributed by atoms with E-state index < -0.39 is 0 Å². The van der Waals surface area contributed by atoms with Gasteiger partial charge in [0.2, 0.25) is 0 Å². The van der Waals surface area contributed by atoms with E-state index in [-0.39, 0.29) is 11.9 Å². The summed E-state index contributed by atoms with van der Waals surface area (Å²) in [6, 6.07) is 23.9. The molecule has 35 heavy (non-hydrogen) atoms. The highest BCUT2D eigenvalue weighted by molar-refractivity contribution is 5.94. The molecule has 2 atom stereocenters. The second kappa shape index (κ2) is 11.2. The first-order valence-electron chi connectivity index (χ1n) is 12.5. The Bertz CT molecular complexity index is 1260. The fourth-order valence-corrected chi connectivity index (χ4v) is 4.25. The van der Waals surface area contributed by atoms with Gasteiger partial charge in [-0.3, -0.25) is 4.79 Å². The van der Waals surface area contributed by atoms with E-state index in [1.165, 1.54) is 5.56 Å². The van der Waals surface area contributed by atoms with Gasteiger partial charge < -0.3 is 14.6 Å². The highest BCUT2D eigenvalue weighted by Crippen LogP contribution is 2.23. The first kappa shape index (κ1) is 24.5. The molecule has 0 saturated carbocycles. The molecule has 0 aliphatic heterocycles. The summed E-state index contributed by atoms with van der Waals surface area (Å²) in [4.78, 5) is 17.7. The molecule has 0 aliphatic carbocycles. The van der Waals surface area contributed by atoms with Crippen molar-refractivity contribution >= 4 is 16.9 Å². The van der Waals surface area contributed by atoms with Crippen LogP contribution < -0.4 is 10.1 Å². The van der Waals surface area contributed by atoms with Gasteiger partial charge in [0.05, 0.1) is 23.7 Å². The van der Waals surface area contributed by atoms with Crippen molar-refractivity contribution in [2.24, 2.45) is 0 Å². The van der Waals surface area contributed by atoms with Gasteiger partial charge in [0, 0.05) is 12.1 Å². The summed E-state index contributed by atoms with van der Waals surface area (Å²) >= 11 is 0. The monoisotopic (exact) mass is 469 g/mol. The molecule has 5 heteroatoms. The Morgan fingerprint density at radius 3 is 2.43 bits per heavy atom. The van der Waals surface area contributed by atoms with Crippen LogP contribution in [0.1, 0.15) is 72.9 Å². The average Bonchev–Trinajstić information content (AvgIpc) is 3.25. The summed E-state index contributed by atoms with van der Waals surface area (Å²) in [6.45, 7) is 9.81. The molecule has 182 valence electrons. The number of fused-ring (bicyclic) bond motifs is 1. The molecule has 4 aromatic rings. The Morgan fingerprint density at radius 2 is 1.71 bits per heavy atom. The van der Waals surface area contributed by atoms with Crippen molar-refractivity contribution in [2.45, 2.75) is 59.0 Å². The number of carbonyl (C=O) groups is 1. The third-order valence-corrected chi connectivity index (χ3v) is 6.59. The van der Waals surface area contributed by atoms with Gasteiger partial charge in [-0.1, -0.05) is 55.8 Å². The lowest BCUT2D eigenvalue weighted by Crippen LogP contribution is -2.28. The number of hydrogen-bond acceptors (Lipinski definition) is 3. The highest BCUT2D eigenvalue weighted by atomic mass is 16.5. The zero-order chi connectivity index (χ0) is 24.8. The number of imidazole rings is 1. The molecular weight excluding hydrogens is 434 g/mol. The number of ether oxygens (including phenoxy) is 1. The molecule has 0 fully saturated rings. The van der Waals surface area contributed by atoms with Crippen molar-refractivity contribution < 1.29 is 9.53 Å². The Labute approximate surface area is 208 Å². The maximum atomic E-state index is 12.8. The number of aryl methyl sites for hydroxylation is 2. The molecule has 1 amide bonds. The molecule has 0 spiro atoms. The molecule has 0 radical (unpaired) electrons. The van der Waals surface area contributed by atoms with Crippen LogP contribution in [0.5, 0.6) is 5.75 Å². The zero-order valence-corrected chi connectivity index (χ0v) is 21.1. The molecule has 4 rings (SSSR count). The van der Waals surface area contributed by atoms with E-state index in [1.807, 2.05) is 56.3 Å². The lowest BCUT2D eigenvalue weighted by molar-refractivity contribution is 0.0937. The van der Waals surface area contributed by atoms with E-state index in [2.05, 4.69) is 54.1 Å². The third-order valence-electron chi connectivity index (χ3n) is 6.59. The van der Waals surface area contributed by atoms with Crippen LogP contribution in [0.15, 0.2) is 72.8 Å². The van der Waals surface area contributed by atoms with E-state index in [0.29, 0.717) is 18.1 Å². The summed E-state index contributed by atoms with van der Waals surface area (Å²) in [5.41, 5.74) is 5.12. The molecule has 5 nitrogen and oxygen atoms in total. The van der Waals surface area contributed by atoms with Crippen molar-refractivity contribution in [2.75, 3.05) is 6.61 Å². The van der Waals surface area contributed by atoms with Crippen LogP contribution in [0.2, 0.25) is 0 Å². The minimum atomic E-state index is -0.231. The van der Waals surface area contributed by atoms with Gasteiger partial charge in [0.15, 0.2) is 0 Å². The Balaban J connectivity index is 1.42. The van der Waals surface area contributed by atoms with Crippen LogP contribution in [0.4, 0.5) is 0 Å². The van der Waals surface area contributed by atoms with Gasteiger partial charge in [-0.15, -0.1) is 0 Å². The third kappa shape index (κ3) is 5.91. The number of carbonyl (C=O) groups excluding carboxylic acids is 1. The van der Waals surface area contributed by atoms with Gasteiger partial charge in [0.1, 0.15) is 11.6 Å². The molecule has 3 aromatic carbocycles. The van der Waals surface area contributed by atoms with Crippen LogP contribution in [0, 0.1) is 6.92 Å². The van der Waals surface area contributed by atoms with E-state index in [4.69, 9.17) is 9.72 Å². The molecule has 0 aliphatic rings. The van der Waals surface area contributed by atoms with Crippen molar-refractivity contribution in [1.29, 1.82) is 0 Å². The first-order chi connectivity index (χ1) is 17.0. The van der Waals surface area contributed by atoms with Crippen molar-refractivity contribution in [3.8, 4) is 5.75 Å². The van der Waals surface area contributed by atoms with Crippen molar-refractivity contribution in [3.63, 3.8) is 0 Å². The molecule has 0 bridgehead atoms. The highest BCUT2D eigenvalue weighted by Gasteiger charge is 2.19. The fourth-order valence-electron chi connectivity index (χ4n) is 4.25. The van der Waals surface area contributed by atoms with Gasteiger partial charge in [-0.2, -0.15) is 0 Å². The largest absolute Gasteiger partial charge is 0.494 e. The van der Waals surface area contributed by atoms with Crippen molar-refractivity contribution in [1.82, 2.24) is 14.9 Å². The summed E-state index contributed by atoms with van der Waals surface area (Å²) < 4.78 is 8.21. The summed E-state index contributed by atoms with van der Waals surface area (Å²) in [5.74, 6) is 2.21. The van der Waals surface area contributed by atoms with Crippen LogP contribution in [-0.4, -0.2) is 22.1 Å². The molecule has 1 heterocycles. The fraction of sp³-hybridized carbons (Fsp3) is 0.333. The molecule has 1 aromatic heterocycles. The number of para-hydroxylation sites is 2. The normalized spacial score (nSPS) is 12.9. The predicted octanol–water partition coefficient (Wildman–Crippen LogP) is 6.82. The molecular formula is C30H35N3O2. The number of rotatable bonds is 10. The van der Waals surface area contributed by atoms with Gasteiger partial charge >= 0.3 is 0 Å². The number of nitrogens with one attached hydrogen (secondary N) is 1. The van der Waals surface area contributed by atoms with E-state index in [1.54, 1.807) is 0 Å². The number of hydrogen-bond donors (Lipinski definition) is 1. The Morgan fingerprint density at radius 1 is 1.00 bits per heavy atom. The van der Waals surface area contributed by atoms with E-state index in [0.717, 1.165) is 47.6 Å². The van der Waals surface area contributed by atoms with Gasteiger partial charge in [0.25, 0.3) is 5.91 Å². The number of aromatic nitrogens is 2. The maximum Gasteiger partial charge on any atom is 0.251 e. The number of benzene rings is 3. The van der Waals surface area contributed by atoms with E-state index in [9.17, 15) is 4.79 Å². The number of amides is 1. The van der Waals surface area contributed by atoms with Gasteiger partial charge in [-0.25, -0.2) is 4.98 Å². The summed E-state index contributed by atoms with van der Waals surface area (Å²) in [6.07, 6.45) is 1.96.